The van der Waals surface area contributed by atoms with E-state index in [0.717, 1.165) is 15.6 Å². The lowest BCUT2D eigenvalue weighted by molar-refractivity contribution is -0.127. The van der Waals surface area contributed by atoms with Crippen LogP contribution in [0.4, 0.5) is 0 Å². The van der Waals surface area contributed by atoms with Crippen LogP contribution in [0.5, 0.6) is 5.75 Å². The number of rotatable bonds is 4. The van der Waals surface area contributed by atoms with E-state index in [1.807, 2.05) is 42.5 Å². The highest BCUT2D eigenvalue weighted by Gasteiger charge is 2.42. The van der Waals surface area contributed by atoms with Gasteiger partial charge in [-0.1, -0.05) is 45.7 Å². The van der Waals surface area contributed by atoms with Crippen molar-refractivity contribution in [3.05, 3.63) is 63.1 Å². The van der Waals surface area contributed by atoms with Crippen molar-refractivity contribution in [3.63, 3.8) is 0 Å². The van der Waals surface area contributed by atoms with Gasteiger partial charge in [0.05, 0.1) is 6.54 Å². The summed E-state index contributed by atoms with van der Waals surface area (Å²) < 4.78 is 6.68. The molecule has 2 aliphatic heterocycles. The van der Waals surface area contributed by atoms with Crippen LogP contribution < -0.4 is 15.4 Å². The summed E-state index contributed by atoms with van der Waals surface area (Å²) in [4.78, 5) is 17.0. The van der Waals surface area contributed by atoms with Crippen molar-refractivity contribution < 1.29 is 9.53 Å². The standard InChI is InChI=1S/C18H15BrClN3O2/c19-11-5-6-14-12(7-11)16-17(25-14)18(24)23-15(22-16)9-21-8-10-3-1-2-4-13(10)20/h1-7,16-17,21H,8-9H2,(H,22,23,24). The second-order valence-electron chi connectivity index (χ2n) is 5.93. The summed E-state index contributed by atoms with van der Waals surface area (Å²) >= 11 is 9.61. The third-order valence-electron chi connectivity index (χ3n) is 4.22. The average molecular weight is 421 g/mol. The van der Waals surface area contributed by atoms with Gasteiger partial charge in [-0.2, -0.15) is 0 Å². The molecule has 0 bridgehead atoms. The van der Waals surface area contributed by atoms with Crippen LogP contribution in [-0.2, 0) is 11.3 Å². The first kappa shape index (κ1) is 16.6. The molecule has 0 radical (unpaired) electrons. The number of hydrogen-bond donors (Lipinski definition) is 2. The van der Waals surface area contributed by atoms with Crippen LogP contribution in [0.3, 0.4) is 0 Å². The summed E-state index contributed by atoms with van der Waals surface area (Å²) in [5, 5.41) is 6.80. The molecule has 25 heavy (non-hydrogen) atoms. The summed E-state index contributed by atoms with van der Waals surface area (Å²) in [6.07, 6.45) is -0.600. The molecule has 2 N–H and O–H groups in total. The lowest BCUT2D eigenvalue weighted by atomic mass is 10.0. The Balaban J connectivity index is 1.49. The smallest absolute Gasteiger partial charge is 0.269 e. The van der Waals surface area contributed by atoms with Crippen molar-refractivity contribution in [1.82, 2.24) is 10.6 Å². The first-order valence-electron chi connectivity index (χ1n) is 7.89. The van der Waals surface area contributed by atoms with E-state index in [9.17, 15) is 4.79 Å². The van der Waals surface area contributed by atoms with E-state index in [1.54, 1.807) is 0 Å². The minimum Gasteiger partial charge on any atom is -0.478 e. The van der Waals surface area contributed by atoms with Crippen molar-refractivity contribution >= 4 is 39.3 Å². The molecule has 2 heterocycles. The number of halogens is 2. The third-order valence-corrected chi connectivity index (χ3v) is 5.08. The topological polar surface area (TPSA) is 62.7 Å². The summed E-state index contributed by atoms with van der Waals surface area (Å²) in [5.74, 6) is 1.15. The monoisotopic (exact) mass is 419 g/mol. The molecule has 0 aliphatic carbocycles. The van der Waals surface area contributed by atoms with Crippen LogP contribution >= 0.6 is 27.5 Å². The first-order valence-corrected chi connectivity index (χ1v) is 9.06. The molecular weight excluding hydrogens is 406 g/mol. The van der Waals surface area contributed by atoms with Gasteiger partial charge in [0, 0.05) is 21.6 Å². The lowest BCUT2D eigenvalue weighted by Gasteiger charge is -2.23. The molecule has 0 spiro atoms. The van der Waals surface area contributed by atoms with Crippen LogP contribution in [0.15, 0.2) is 51.9 Å². The number of fused-ring (bicyclic) bond motifs is 3. The van der Waals surface area contributed by atoms with E-state index in [4.69, 9.17) is 16.3 Å². The maximum atomic E-state index is 12.3. The molecule has 2 aliphatic rings. The number of ether oxygens (including phenoxy) is 1. The molecule has 2 aromatic carbocycles. The second kappa shape index (κ2) is 6.78. The highest BCUT2D eigenvalue weighted by atomic mass is 79.9. The minimum atomic E-state index is -0.600. The van der Waals surface area contributed by atoms with E-state index in [2.05, 4.69) is 31.6 Å². The van der Waals surface area contributed by atoms with Gasteiger partial charge in [-0.3, -0.25) is 9.79 Å². The number of carbonyl (C=O) groups is 1. The number of carbonyl (C=O) groups excluding carboxylic acids is 1. The Morgan fingerprint density at radius 2 is 2.08 bits per heavy atom. The number of amides is 1. The quantitative estimate of drug-likeness (QED) is 0.798. The van der Waals surface area contributed by atoms with E-state index in [0.29, 0.717) is 29.7 Å². The molecule has 2 atom stereocenters. The Kier molecular flexibility index (Phi) is 4.50. The van der Waals surface area contributed by atoms with Gasteiger partial charge in [0.1, 0.15) is 17.6 Å². The fourth-order valence-corrected chi connectivity index (χ4v) is 3.60. The summed E-state index contributed by atoms with van der Waals surface area (Å²) in [5.41, 5.74) is 1.93. The Morgan fingerprint density at radius 3 is 2.92 bits per heavy atom. The molecule has 1 amide bonds. The second-order valence-corrected chi connectivity index (χ2v) is 7.25. The molecule has 0 aromatic heterocycles. The minimum absolute atomic E-state index is 0.165. The molecule has 5 nitrogen and oxygen atoms in total. The van der Waals surface area contributed by atoms with Gasteiger partial charge in [0.25, 0.3) is 5.91 Å². The SMILES string of the molecule is O=C1NC(CNCc2ccccc2Cl)=NC2c3cc(Br)ccc3OC12. The fourth-order valence-electron chi connectivity index (χ4n) is 3.02. The van der Waals surface area contributed by atoms with E-state index < -0.39 is 6.10 Å². The zero-order valence-electron chi connectivity index (χ0n) is 13.1. The van der Waals surface area contributed by atoms with Crippen molar-refractivity contribution in [3.8, 4) is 5.75 Å². The van der Waals surface area contributed by atoms with Crippen LogP contribution in [0, 0.1) is 0 Å². The van der Waals surface area contributed by atoms with Crippen LogP contribution in [-0.4, -0.2) is 24.4 Å². The number of benzene rings is 2. The maximum absolute atomic E-state index is 12.3. The Morgan fingerprint density at radius 1 is 1.24 bits per heavy atom. The summed E-state index contributed by atoms with van der Waals surface area (Å²) in [6.45, 7) is 1.05. The Hall–Kier alpha value is -1.89. The lowest BCUT2D eigenvalue weighted by Crippen LogP contribution is -2.49. The highest BCUT2D eigenvalue weighted by Crippen LogP contribution is 2.41. The average Bonchev–Trinajstić information content (AvgIpc) is 2.95. The number of amidine groups is 1. The molecule has 0 saturated heterocycles. The number of aliphatic imine (C=N–C) groups is 1. The number of nitrogens with zero attached hydrogens (tertiary/aromatic N) is 1. The molecule has 0 fully saturated rings. The van der Waals surface area contributed by atoms with Gasteiger partial charge in [0.15, 0.2) is 0 Å². The first-order chi connectivity index (χ1) is 12.1. The van der Waals surface area contributed by atoms with Gasteiger partial charge in [-0.15, -0.1) is 0 Å². The molecule has 4 rings (SSSR count). The van der Waals surface area contributed by atoms with Crippen molar-refractivity contribution in [1.29, 1.82) is 0 Å². The molecule has 128 valence electrons. The van der Waals surface area contributed by atoms with E-state index in [-0.39, 0.29) is 11.9 Å². The van der Waals surface area contributed by atoms with Crippen molar-refractivity contribution in [2.75, 3.05) is 6.54 Å². The van der Waals surface area contributed by atoms with Gasteiger partial charge in [0.2, 0.25) is 6.10 Å². The van der Waals surface area contributed by atoms with Gasteiger partial charge >= 0.3 is 0 Å². The molecular formula is C18H15BrClN3O2. The molecule has 7 heteroatoms. The highest BCUT2D eigenvalue weighted by molar-refractivity contribution is 9.10. The zero-order valence-corrected chi connectivity index (χ0v) is 15.5. The summed E-state index contributed by atoms with van der Waals surface area (Å²) in [7, 11) is 0. The van der Waals surface area contributed by atoms with E-state index >= 15 is 0 Å². The largest absolute Gasteiger partial charge is 0.478 e. The predicted molar refractivity (Wildman–Crippen MR) is 100 cm³/mol. The number of hydrogen-bond acceptors (Lipinski definition) is 4. The Bertz CT molecular complexity index is 871. The van der Waals surface area contributed by atoms with Crippen LogP contribution in [0.25, 0.3) is 0 Å². The number of nitrogens with one attached hydrogen (secondary N) is 2. The molecule has 2 unspecified atom stereocenters. The molecule has 2 aromatic rings. The fraction of sp³-hybridized carbons (Fsp3) is 0.222. The van der Waals surface area contributed by atoms with Crippen LogP contribution in [0.2, 0.25) is 5.02 Å². The zero-order chi connectivity index (χ0) is 17.4. The normalized spacial score (nSPS) is 21.0. The summed E-state index contributed by atoms with van der Waals surface area (Å²) in [6, 6.07) is 13.1. The third kappa shape index (κ3) is 3.29. The molecule has 0 saturated carbocycles. The predicted octanol–water partition coefficient (Wildman–Crippen LogP) is 3.22. The Labute approximate surface area is 158 Å². The van der Waals surface area contributed by atoms with Crippen LogP contribution in [0.1, 0.15) is 17.2 Å². The van der Waals surface area contributed by atoms with Crippen molar-refractivity contribution in [2.45, 2.75) is 18.7 Å². The van der Waals surface area contributed by atoms with E-state index in [1.165, 1.54) is 0 Å². The van der Waals surface area contributed by atoms with Crippen molar-refractivity contribution in [2.24, 2.45) is 4.99 Å². The maximum Gasteiger partial charge on any atom is 0.269 e. The van der Waals surface area contributed by atoms with Gasteiger partial charge in [-0.25, -0.2) is 0 Å². The van der Waals surface area contributed by atoms with Gasteiger partial charge in [-0.05, 0) is 29.8 Å². The van der Waals surface area contributed by atoms with Gasteiger partial charge < -0.3 is 15.4 Å².